The van der Waals surface area contributed by atoms with Gasteiger partial charge in [-0.15, -0.1) is 0 Å². The number of rotatable bonds is 1. The van der Waals surface area contributed by atoms with Crippen LogP contribution >= 0.6 is 11.6 Å². The number of hydrogen-bond donors (Lipinski definition) is 1. The standard InChI is InChI=1S/C11H15ClN2O2/c1-7-6-8(13)4-5-14(7)11(15)9-2-3-10(12)16-9/h2-3,7-8H,4-6,13H2,1H3. The van der Waals surface area contributed by atoms with Gasteiger partial charge in [0.25, 0.3) is 5.91 Å². The van der Waals surface area contributed by atoms with E-state index in [0.717, 1.165) is 12.8 Å². The number of carbonyl (C=O) groups is 1. The molecule has 1 aliphatic rings. The van der Waals surface area contributed by atoms with Gasteiger partial charge in [0.1, 0.15) is 0 Å². The highest BCUT2D eigenvalue weighted by Gasteiger charge is 2.29. The molecule has 1 aromatic rings. The molecular weight excluding hydrogens is 228 g/mol. The predicted molar refractivity (Wildman–Crippen MR) is 61.4 cm³/mol. The molecule has 0 saturated carbocycles. The summed E-state index contributed by atoms with van der Waals surface area (Å²) in [6, 6.07) is 3.53. The molecule has 0 radical (unpaired) electrons. The average Bonchev–Trinajstić information content (AvgIpc) is 2.64. The van der Waals surface area contributed by atoms with Gasteiger partial charge in [-0.05, 0) is 43.5 Å². The third kappa shape index (κ3) is 2.23. The van der Waals surface area contributed by atoms with E-state index in [2.05, 4.69) is 0 Å². The quantitative estimate of drug-likeness (QED) is 0.818. The second-order valence-corrected chi connectivity index (χ2v) is 4.61. The maximum Gasteiger partial charge on any atom is 0.289 e. The molecule has 2 atom stereocenters. The first-order valence-electron chi connectivity index (χ1n) is 5.40. The maximum atomic E-state index is 12.1. The third-order valence-corrected chi connectivity index (χ3v) is 3.16. The fourth-order valence-corrected chi connectivity index (χ4v) is 2.23. The lowest BCUT2D eigenvalue weighted by Gasteiger charge is -2.35. The summed E-state index contributed by atoms with van der Waals surface area (Å²) in [5.74, 6) is 0.193. The van der Waals surface area contributed by atoms with Gasteiger partial charge < -0.3 is 15.1 Å². The van der Waals surface area contributed by atoms with E-state index in [0.29, 0.717) is 12.3 Å². The van der Waals surface area contributed by atoms with Gasteiger partial charge in [0.05, 0.1) is 0 Å². The van der Waals surface area contributed by atoms with Crippen LogP contribution in [0.1, 0.15) is 30.3 Å². The van der Waals surface area contributed by atoms with Gasteiger partial charge in [0, 0.05) is 18.6 Å². The van der Waals surface area contributed by atoms with Crippen molar-refractivity contribution in [2.75, 3.05) is 6.54 Å². The van der Waals surface area contributed by atoms with Gasteiger partial charge in [0.2, 0.25) is 0 Å². The predicted octanol–water partition coefficient (Wildman–Crippen LogP) is 1.88. The van der Waals surface area contributed by atoms with Crippen molar-refractivity contribution >= 4 is 17.5 Å². The first-order chi connectivity index (χ1) is 7.58. The number of nitrogens with zero attached hydrogens (tertiary/aromatic N) is 1. The van der Waals surface area contributed by atoms with E-state index >= 15 is 0 Å². The van der Waals surface area contributed by atoms with Crippen LogP contribution in [0.25, 0.3) is 0 Å². The Balaban J connectivity index is 2.10. The molecule has 2 heterocycles. The van der Waals surface area contributed by atoms with E-state index in [1.165, 1.54) is 0 Å². The first kappa shape index (κ1) is 11.5. The number of nitrogens with two attached hydrogens (primary N) is 1. The Hall–Kier alpha value is -1.00. The topological polar surface area (TPSA) is 59.5 Å². The molecule has 1 aromatic heterocycles. The highest BCUT2D eigenvalue weighted by atomic mass is 35.5. The molecule has 88 valence electrons. The lowest BCUT2D eigenvalue weighted by atomic mass is 9.99. The maximum absolute atomic E-state index is 12.1. The van der Waals surface area contributed by atoms with Crippen molar-refractivity contribution in [1.29, 1.82) is 0 Å². The number of amides is 1. The lowest BCUT2D eigenvalue weighted by Crippen LogP contribution is -2.48. The van der Waals surface area contributed by atoms with Gasteiger partial charge in [0.15, 0.2) is 11.0 Å². The third-order valence-electron chi connectivity index (χ3n) is 2.96. The van der Waals surface area contributed by atoms with Crippen LogP contribution in [0.15, 0.2) is 16.5 Å². The van der Waals surface area contributed by atoms with Gasteiger partial charge in [-0.2, -0.15) is 0 Å². The molecule has 2 rings (SSSR count). The molecule has 1 amide bonds. The summed E-state index contributed by atoms with van der Waals surface area (Å²) in [7, 11) is 0. The number of furan rings is 1. The summed E-state index contributed by atoms with van der Waals surface area (Å²) in [6.07, 6.45) is 1.67. The molecule has 1 saturated heterocycles. The second kappa shape index (κ2) is 4.47. The molecule has 4 nitrogen and oxygen atoms in total. The first-order valence-corrected chi connectivity index (χ1v) is 5.77. The molecule has 1 aliphatic heterocycles. The Morgan fingerprint density at radius 1 is 1.62 bits per heavy atom. The van der Waals surface area contributed by atoms with Crippen molar-refractivity contribution in [3.8, 4) is 0 Å². The fourth-order valence-electron chi connectivity index (χ4n) is 2.08. The van der Waals surface area contributed by atoms with Crippen molar-refractivity contribution in [3.63, 3.8) is 0 Å². The zero-order valence-electron chi connectivity index (χ0n) is 9.15. The largest absolute Gasteiger partial charge is 0.440 e. The zero-order chi connectivity index (χ0) is 11.7. The molecule has 0 aliphatic carbocycles. The van der Waals surface area contributed by atoms with E-state index in [1.807, 2.05) is 6.92 Å². The Bertz CT molecular complexity index is 391. The molecule has 2 unspecified atom stereocenters. The highest BCUT2D eigenvalue weighted by molar-refractivity contribution is 6.29. The minimum Gasteiger partial charge on any atom is -0.440 e. The summed E-state index contributed by atoms with van der Waals surface area (Å²) < 4.78 is 5.12. The number of likely N-dealkylation sites (tertiary alicyclic amines) is 1. The Kier molecular flexibility index (Phi) is 3.21. The Morgan fingerprint density at radius 2 is 2.38 bits per heavy atom. The number of carbonyl (C=O) groups excluding carboxylic acids is 1. The van der Waals surface area contributed by atoms with Crippen molar-refractivity contribution in [2.45, 2.75) is 31.8 Å². The molecule has 1 fully saturated rings. The second-order valence-electron chi connectivity index (χ2n) is 4.24. The van der Waals surface area contributed by atoms with Gasteiger partial charge in [-0.3, -0.25) is 4.79 Å². The molecule has 5 heteroatoms. The number of piperidine rings is 1. The fraction of sp³-hybridized carbons (Fsp3) is 0.545. The van der Waals surface area contributed by atoms with Gasteiger partial charge in [-0.1, -0.05) is 0 Å². The minimum atomic E-state index is -0.105. The molecular formula is C11H15ClN2O2. The van der Waals surface area contributed by atoms with E-state index in [4.69, 9.17) is 21.8 Å². The Morgan fingerprint density at radius 3 is 2.94 bits per heavy atom. The average molecular weight is 243 g/mol. The Labute approximate surface area is 99.3 Å². The molecule has 0 spiro atoms. The number of halogens is 1. The summed E-state index contributed by atoms with van der Waals surface area (Å²) in [4.78, 5) is 13.9. The molecule has 0 bridgehead atoms. The van der Waals surface area contributed by atoms with Crippen LogP contribution < -0.4 is 5.73 Å². The summed E-state index contributed by atoms with van der Waals surface area (Å²) in [5.41, 5.74) is 5.85. The molecule has 0 aromatic carbocycles. The van der Waals surface area contributed by atoms with Crippen molar-refractivity contribution in [2.24, 2.45) is 5.73 Å². The SMILES string of the molecule is CC1CC(N)CCN1C(=O)c1ccc(Cl)o1. The minimum absolute atomic E-state index is 0.105. The molecule has 2 N–H and O–H groups in total. The van der Waals surface area contributed by atoms with Gasteiger partial charge >= 0.3 is 0 Å². The van der Waals surface area contributed by atoms with Crippen LogP contribution in [0.5, 0.6) is 0 Å². The lowest BCUT2D eigenvalue weighted by molar-refractivity contribution is 0.0586. The van der Waals surface area contributed by atoms with Crippen LogP contribution in [0.2, 0.25) is 5.22 Å². The summed E-state index contributed by atoms with van der Waals surface area (Å²) in [6.45, 7) is 2.68. The zero-order valence-corrected chi connectivity index (χ0v) is 9.91. The van der Waals surface area contributed by atoms with Crippen LogP contribution in [-0.4, -0.2) is 29.4 Å². The van der Waals surface area contributed by atoms with Crippen LogP contribution in [0.4, 0.5) is 0 Å². The normalized spacial score (nSPS) is 25.8. The summed E-state index contributed by atoms with van der Waals surface area (Å²) >= 11 is 5.65. The van der Waals surface area contributed by atoms with E-state index in [9.17, 15) is 4.79 Å². The van der Waals surface area contributed by atoms with E-state index in [-0.39, 0.29) is 23.2 Å². The van der Waals surface area contributed by atoms with Crippen molar-refractivity contribution in [3.05, 3.63) is 23.1 Å². The van der Waals surface area contributed by atoms with Crippen molar-refractivity contribution in [1.82, 2.24) is 4.90 Å². The van der Waals surface area contributed by atoms with Crippen LogP contribution in [-0.2, 0) is 0 Å². The highest BCUT2D eigenvalue weighted by Crippen LogP contribution is 2.21. The van der Waals surface area contributed by atoms with Gasteiger partial charge in [-0.25, -0.2) is 0 Å². The van der Waals surface area contributed by atoms with E-state index in [1.54, 1.807) is 17.0 Å². The smallest absolute Gasteiger partial charge is 0.289 e. The van der Waals surface area contributed by atoms with Crippen LogP contribution in [0, 0.1) is 0 Å². The monoisotopic (exact) mass is 242 g/mol. The summed E-state index contributed by atoms with van der Waals surface area (Å²) in [5, 5.41) is 0.240. The van der Waals surface area contributed by atoms with Crippen molar-refractivity contribution < 1.29 is 9.21 Å². The molecule has 16 heavy (non-hydrogen) atoms. The number of hydrogen-bond acceptors (Lipinski definition) is 3. The van der Waals surface area contributed by atoms with E-state index < -0.39 is 0 Å². The van der Waals surface area contributed by atoms with Crippen LogP contribution in [0.3, 0.4) is 0 Å².